The van der Waals surface area contributed by atoms with Gasteiger partial charge in [-0.25, -0.2) is 8.78 Å². The molecule has 0 aliphatic heterocycles. The van der Waals surface area contributed by atoms with E-state index in [1.165, 1.54) is 6.42 Å². The van der Waals surface area contributed by atoms with Crippen LogP contribution in [-0.4, -0.2) is 29.5 Å². The van der Waals surface area contributed by atoms with Gasteiger partial charge in [0.05, 0.1) is 6.04 Å². The van der Waals surface area contributed by atoms with Crippen LogP contribution in [0.3, 0.4) is 0 Å². The number of thioether (sulfide) groups is 1. The predicted molar refractivity (Wildman–Crippen MR) is 58.2 cm³/mol. The van der Waals surface area contributed by atoms with Crippen LogP contribution in [0.1, 0.15) is 33.1 Å². The van der Waals surface area contributed by atoms with Crippen molar-refractivity contribution in [2.45, 2.75) is 56.9 Å². The van der Waals surface area contributed by atoms with Crippen LogP contribution in [-0.2, 0) is 0 Å². The van der Waals surface area contributed by atoms with Crippen LogP contribution in [0.4, 0.5) is 8.78 Å². The number of hydrogen-bond donors (Lipinski definition) is 1. The van der Waals surface area contributed by atoms with E-state index in [1.54, 1.807) is 6.92 Å². The number of hydrogen-bond acceptors (Lipinski definition) is 2. The third-order valence-corrected chi connectivity index (χ3v) is 3.90. The molecule has 0 aromatic carbocycles. The highest BCUT2D eigenvalue weighted by molar-refractivity contribution is 7.99. The van der Waals surface area contributed by atoms with E-state index in [0.29, 0.717) is 11.3 Å². The Morgan fingerprint density at radius 2 is 2.14 bits per heavy atom. The highest BCUT2D eigenvalue weighted by Gasteiger charge is 2.27. The van der Waals surface area contributed by atoms with Crippen molar-refractivity contribution in [1.82, 2.24) is 5.32 Å². The minimum atomic E-state index is -2.24. The fourth-order valence-electron chi connectivity index (χ4n) is 1.92. The molecule has 1 nitrogen and oxygen atoms in total. The van der Waals surface area contributed by atoms with Gasteiger partial charge in [-0.05, 0) is 31.9 Å². The molecule has 3 atom stereocenters. The monoisotopic (exact) mass is 223 g/mol. The lowest BCUT2D eigenvalue weighted by Crippen LogP contribution is -2.39. The van der Waals surface area contributed by atoms with E-state index in [0.717, 1.165) is 18.6 Å². The summed E-state index contributed by atoms with van der Waals surface area (Å²) in [5.74, 6) is 1.13. The van der Waals surface area contributed by atoms with Gasteiger partial charge in [-0.2, -0.15) is 11.8 Å². The molecule has 1 aliphatic rings. The van der Waals surface area contributed by atoms with Crippen LogP contribution in [0.15, 0.2) is 0 Å². The lowest BCUT2D eigenvalue weighted by Gasteiger charge is -2.18. The van der Waals surface area contributed by atoms with Crippen LogP contribution in [0, 0.1) is 0 Å². The van der Waals surface area contributed by atoms with Crippen molar-refractivity contribution in [3.8, 4) is 0 Å². The zero-order chi connectivity index (χ0) is 10.6. The standard InChI is InChI=1S/C10H19F2NS/c1-3-14-9-5-4-8(6-9)13-7(2)10(11)12/h7-10,13H,3-6H2,1-2H3. The SMILES string of the molecule is CCSC1CCC(NC(C)C(F)F)C1. The molecule has 84 valence electrons. The molecule has 1 N–H and O–H groups in total. The Hall–Kier alpha value is 0.170. The summed E-state index contributed by atoms with van der Waals surface area (Å²) in [7, 11) is 0. The van der Waals surface area contributed by atoms with Crippen molar-refractivity contribution >= 4 is 11.8 Å². The van der Waals surface area contributed by atoms with Crippen LogP contribution in [0.2, 0.25) is 0 Å². The van der Waals surface area contributed by atoms with E-state index in [1.807, 2.05) is 11.8 Å². The number of rotatable bonds is 5. The first-order valence-corrected chi connectivity index (χ1v) is 6.34. The second kappa shape index (κ2) is 5.91. The molecule has 4 heteroatoms. The first kappa shape index (κ1) is 12.2. The third kappa shape index (κ3) is 3.73. The Morgan fingerprint density at radius 3 is 2.71 bits per heavy atom. The van der Waals surface area contributed by atoms with Crippen molar-refractivity contribution in [1.29, 1.82) is 0 Å². The smallest absolute Gasteiger partial charge is 0.253 e. The molecule has 0 amide bonds. The van der Waals surface area contributed by atoms with Gasteiger partial charge in [0.15, 0.2) is 0 Å². The second-order valence-electron chi connectivity index (χ2n) is 3.88. The summed E-state index contributed by atoms with van der Waals surface area (Å²) >= 11 is 1.95. The average Bonchev–Trinajstić information content (AvgIpc) is 2.53. The van der Waals surface area contributed by atoms with Crippen LogP contribution >= 0.6 is 11.8 Å². The van der Waals surface area contributed by atoms with E-state index >= 15 is 0 Å². The molecule has 1 rings (SSSR count). The molecular formula is C10H19F2NS. The normalized spacial score (nSPS) is 29.8. The van der Waals surface area contributed by atoms with Crippen LogP contribution in [0.25, 0.3) is 0 Å². The lowest BCUT2D eigenvalue weighted by molar-refractivity contribution is 0.100. The molecule has 0 aromatic rings. The van der Waals surface area contributed by atoms with E-state index in [4.69, 9.17) is 0 Å². The summed E-state index contributed by atoms with van der Waals surface area (Å²) in [6.07, 6.45) is 1.03. The minimum absolute atomic E-state index is 0.308. The van der Waals surface area contributed by atoms with Gasteiger partial charge >= 0.3 is 0 Å². The van der Waals surface area contributed by atoms with Crippen molar-refractivity contribution in [3.05, 3.63) is 0 Å². The molecule has 0 heterocycles. The van der Waals surface area contributed by atoms with Crippen LogP contribution in [0.5, 0.6) is 0 Å². The van der Waals surface area contributed by atoms with E-state index < -0.39 is 12.5 Å². The lowest BCUT2D eigenvalue weighted by atomic mass is 10.2. The van der Waals surface area contributed by atoms with Gasteiger partial charge in [-0.1, -0.05) is 6.92 Å². The molecule has 0 bridgehead atoms. The molecule has 0 saturated heterocycles. The molecule has 3 unspecified atom stereocenters. The third-order valence-electron chi connectivity index (χ3n) is 2.66. The van der Waals surface area contributed by atoms with Gasteiger partial charge in [-0.3, -0.25) is 0 Å². The van der Waals surface area contributed by atoms with Crippen LogP contribution < -0.4 is 5.32 Å². The topological polar surface area (TPSA) is 12.0 Å². The zero-order valence-corrected chi connectivity index (χ0v) is 9.62. The van der Waals surface area contributed by atoms with Crippen molar-refractivity contribution < 1.29 is 8.78 Å². The van der Waals surface area contributed by atoms with Crippen molar-refractivity contribution in [3.63, 3.8) is 0 Å². The van der Waals surface area contributed by atoms with Gasteiger partial charge in [-0.15, -0.1) is 0 Å². The van der Waals surface area contributed by atoms with E-state index in [9.17, 15) is 8.78 Å². The summed E-state index contributed by atoms with van der Waals surface area (Å²) in [6.45, 7) is 3.71. The summed E-state index contributed by atoms with van der Waals surface area (Å²) < 4.78 is 24.5. The summed E-state index contributed by atoms with van der Waals surface area (Å²) in [4.78, 5) is 0. The quantitative estimate of drug-likeness (QED) is 0.769. The fraction of sp³-hybridized carbons (Fsp3) is 1.00. The van der Waals surface area contributed by atoms with Gasteiger partial charge in [0, 0.05) is 11.3 Å². The van der Waals surface area contributed by atoms with Gasteiger partial charge < -0.3 is 5.32 Å². The molecular weight excluding hydrogens is 204 g/mol. The van der Waals surface area contributed by atoms with Gasteiger partial charge in [0.2, 0.25) is 0 Å². The molecule has 0 radical (unpaired) electrons. The predicted octanol–water partition coefficient (Wildman–Crippen LogP) is 2.90. The van der Waals surface area contributed by atoms with Crippen molar-refractivity contribution in [2.75, 3.05) is 5.75 Å². The molecule has 1 fully saturated rings. The number of halogens is 2. The number of nitrogens with one attached hydrogen (secondary N) is 1. The second-order valence-corrected chi connectivity index (χ2v) is 5.45. The fourth-order valence-corrected chi connectivity index (χ4v) is 3.07. The molecule has 14 heavy (non-hydrogen) atoms. The maximum Gasteiger partial charge on any atom is 0.253 e. The molecule has 1 saturated carbocycles. The number of alkyl halides is 2. The Bertz CT molecular complexity index is 166. The summed E-state index contributed by atoms with van der Waals surface area (Å²) in [5, 5.41) is 3.69. The Morgan fingerprint density at radius 1 is 1.43 bits per heavy atom. The highest BCUT2D eigenvalue weighted by Crippen LogP contribution is 2.30. The van der Waals surface area contributed by atoms with Gasteiger partial charge in [0.25, 0.3) is 6.43 Å². The highest BCUT2D eigenvalue weighted by atomic mass is 32.2. The Labute approximate surface area is 89.0 Å². The Balaban J connectivity index is 2.21. The van der Waals surface area contributed by atoms with E-state index in [2.05, 4.69) is 12.2 Å². The largest absolute Gasteiger partial charge is 0.306 e. The molecule has 0 aromatic heterocycles. The zero-order valence-electron chi connectivity index (χ0n) is 8.80. The first-order valence-electron chi connectivity index (χ1n) is 5.29. The molecule has 1 aliphatic carbocycles. The summed E-state index contributed by atoms with van der Waals surface area (Å²) in [5.41, 5.74) is 0. The van der Waals surface area contributed by atoms with Crippen molar-refractivity contribution in [2.24, 2.45) is 0 Å². The van der Waals surface area contributed by atoms with Gasteiger partial charge in [0.1, 0.15) is 0 Å². The summed E-state index contributed by atoms with van der Waals surface area (Å²) in [6, 6.07) is -0.353. The first-order chi connectivity index (χ1) is 6.63. The average molecular weight is 223 g/mol. The Kier molecular flexibility index (Phi) is 5.17. The van der Waals surface area contributed by atoms with E-state index in [-0.39, 0.29) is 0 Å². The maximum atomic E-state index is 12.3. The maximum absolute atomic E-state index is 12.3. The minimum Gasteiger partial charge on any atom is -0.306 e. The molecule has 0 spiro atoms.